The Hall–Kier alpha value is -0.920. The van der Waals surface area contributed by atoms with Crippen LogP contribution in [0.25, 0.3) is 0 Å². The molecule has 6 nitrogen and oxygen atoms in total. The maximum atomic E-state index is 12.6. The molecule has 0 atom stereocenters. The lowest BCUT2D eigenvalue weighted by Gasteiger charge is -2.33. The van der Waals surface area contributed by atoms with Crippen LogP contribution in [0.15, 0.2) is 11.2 Å². The molecule has 0 saturated heterocycles. The molecule has 114 valence electrons. The van der Waals surface area contributed by atoms with Crippen LogP contribution in [0, 0.1) is 5.92 Å². The molecule has 0 radical (unpaired) electrons. The van der Waals surface area contributed by atoms with Crippen LogP contribution in [-0.4, -0.2) is 36.0 Å². The van der Waals surface area contributed by atoms with E-state index in [0.717, 1.165) is 31.6 Å². The molecule has 1 aromatic heterocycles. The summed E-state index contributed by atoms with van der Waals surface area (Å²) < 4.78 is 26.7. The third kappa shape index (κ3) is 2.89. The molecule has 1 heterocycles. The molecule has 20 heavy (non-hydrogen) atoms. The van der Waals surface area contributed by atoms with Gasteiger partial charge in [0.05, 0.1) is 6.20 Å². The number of hydrogen-bond acceptors (Lipinski definition) is 4. The molecule has 1 fully saturated rings. The van der Waals surface area contributed by atoms with Gasteiger partial charge < -0.3 is 5.73 Å². The Morgan fingerprint density at radius 1 is 1.40 bits per heavy atom. The second-order valence-corrected chi connectivity index (χ2v) is 7.47. The van der Waals surface area contributed by atoms with E-state index in [1.165, 1.54) is 16.9 Å². The van der Waals surface area contributed by atoms with E-state index in [-0.39, 0.29) is 17.6 Å². The van der Waals surface area contributed by atoms with Crippen molar-refractivity contribution in [2.24, 2.45) is 11.7 Å². The lowest BCUT2D eigenvalue weighted by molar-refractivity contribution is 0.232. The second-order valence-electron chi connectivity index (χ2n) is 5.53. The standard InChI is InChI=1S/C13H24N4O2S/c1-3-10-4-6-12(7-5-10)17(2)20(18,19)13-11(8-14)9-15-16-13/h9-10,12H,3-8,14H2,1-2H3,(H,15,16). The van der Waals surface area contributed by atoms with Crippen LogP contribution in [0.2, 0.25) is 0 Å². The van der Waals surface area contributed by atoms with Gasteiger partial charge in [-0.2, -0.15) is 9.40 Å². The normalized spacial score (nSPS) is 24.2. The van der Waals surface area contributed by atoms with E-state index in [4.69, 9.17) is 5.73 Å². The molecule has 7 heteroatoms. The van der Waals surface area contributed by atoms with Crippen molar-refractivity contribution in [3.63, 3.8) is 0 Å². The summed E-state index contributed by atoms with van der Waals surface area (Å²) in [5.41, 5.74) is 6.10. The summed E-state index contributed by atoms with van der Waals surface area (Å²) in [5, 5.41) is 6.52. The first-order valence-corrected chi connectivity index (χ1v) is 8.65. The van der Waals surface area contributed by atoms with Crippen LogP contribution >= 0.6 is 0 Å². The molecule has 0 aromatic carbocycles. The Morgan fingerprint density at radius 2 is 2.05 bits per heavy atom. The number of aromatic amines is 1. The number of aromatic nitrogens is 2. The third-order valence-electron chi connectivity index (χ3n) is 4.44. The van der Waals surface area contributed by atoms with Crippen molar-refractivity contribution in [2.75, 3.05) is 7.05 Å². The maximum Gasteiger partial charge on any atom is 0.260 e. The van der Waals surface area contributed by atoms with Gasteiger partial charge in [-0.25, -0.2) is 8.42 Å². The summed E-state index contributed by atoms with van der Waals surface area (Å²) in [5.74, 6) is 0.745. The lowest BCUT2D eigenvalue weighted by atomic mass is 9.85. The fourth-order valence-corrected chi connectivity index (χ4v) is 4.45. The highest BCUT2D eigenvalue weighted by atomic mass is 32.2. The van der Waals surface area contributed by atoms with Crippen molar-refractivity contribution in [1.29, 1.82) is 0 Å². The molecular formula is C13H24N4O2S. The molecule has 0 spiro atoms. The Balaban J connectivity index is 2.14. The van der Waals surface area contributed by atoms with E-state index in [1.807, 2.05) is 0 Å². The van der Waals surface area contributed by atoms with Gasteiger partial charge in [-0.15, -0.1) is 0 Å². The number of nitrogens with one attached hydrogen (secondary N) is 1. The predicted molar refractivity (Wildman–Crippen MR) is 77.5 cm³/mol. The summed E-state index contributed by atoms with van der Waals surface area (Å²) in [4.78, 5) is 0. The van der Waals surface area contributed by atoms with Gasteiger partial charge in [-0.1, -0.05) is 13.3 Å². The Morgan fingerprint density at radius 3 is 2.60 bits per heavy atom. The molecule has 0 amide bonds. The maximum absolute atomic E-state index is 12.6. The first-order valence-electron chi connectivity index (χ1n) is 7.21. The highest BCUT2D eigenvalue weighted by Gasteiger charge is 2.33. The zero-order valence-corrected chi connectivity index (χ0v) is 13.0. The van der Waals surface area contributed by atoms with Crippen LogP contribution in [0.3, 0.4) is 0 Å². The van der Waals surface area contributed by atoms with Gasteiger partial charge in [0.25, 0.3) is 10.0 Å². The zero-order chi connectivity index (χ0) is 14.8. The summed E-state index contributed by atoms with van der Waals surface area (Å²) in [6, 6.07) is 0.0803. The van der Waals surface area contributed by atoms with Crippen molar-refractivity contribution < 1.29 is 8.42 Å². The van der Waals surface area contributed by atoms with E-state index >= 15 is 0 Å². The van der Waals surface area contributed by atoms with Crippen LogP contribution in [0.5, 0.6) is 0 Å². The average Bonchev–Trinajstić information content (AvgIpc) is 2.95. The number of sulfonamides is 1. The summed E-state index contributed by atoms with van der Waals surface area (Å²) >= 11 is 0. The Kier molecular flexibility index (Phi) is 4.82. The van der Waals surface area contributed by atoms with Crippen LogP contribution < -0.4 is 5.73 Å². The van der Waals surface area contributed by atoms with Gasteiger partial charge in [-0.05, 0) is 31.6 Å². The van der Waals surface area contributed by atoms with Crippen LogP contribution in [0.1, 0.15) is 44.6 Å². The summed E-state index contributed by atoms with van der Waals surface area (Å²) in [6.07, 6.45) is 6.73. The fraction of sp³-hybridized carbons (Fsp3) is 0.769. The first kappa shape index (κ1) is 15.5. The molecule has 0 bridgehead atoms. The molecule has 1 aliphatic rings. The van der Waals surface area contributed by atoms with Crippen LogP contribution in [-0.2, 0) is 16.6 Å². The van der Waals surface area contributed by atoms with E-state index in [0.29, 0.717) is 5.56 Å². The van der Waals surface area contributed by atoms with Gasteiger partial charge in [-0.3, -0.25) is 5.10 Å². The first-order chi connectivity index (χ1) is 9.50. The van der Waals surface area contributed by atoms with Crippen LogP contribution in [0.4, 0.5) is 0 Å². The summed E-state index contributed by atoms with van der Waals surface area (Å²) in [6.45, 7) is 2.37. The minimum atomic E-state index is -3.53. The smallest absolute Gasteiger partial charge is 0.260 e. The van der Waals surface area contributed by atoms with E-state index < -0.39 is 10.0 Å². The number of H-pyrrole nitrogens is 1. The molecule has 0 unspecified atom stereocenters. The topological polar surface area (TPSA) is 92.1 Å². The predicted octanol–water partition coefficient (Wildman–Crippen LogP) is 1.46. The van der Waals surface area contributed by atoms with Gasteiger partial charge in [0.1, 0.15) is 0 Å². The monoisotopic (exact) mass is 300 g/mol. The number of hydrogen-bond donors (Lipinski definition) is 2. The highest BCUT2D eigenvalue weighted by molar-refractivity contribution is 7.89. The fourth-order valence-electron chi connectivity index (χ4n) is 2.92. The number of nitrogens with two attached hydrogens (primary N) is 1. The van der Waals surface area contributed by atoms with Crippen molar-refractivity contribution >= 4 is 10.0 Å². The molecular weight excluding hydrogens is 276 g/mol. The molecule has 2 rings (SSSR count). The van der Waals surface area contributed by atoms with Gasteiger partial charge >= 0.3 is 0 Å². The second kappa shape index (κ2) is 6.24. The largest absolute Gasteiger partial charge is 0.326 e. The Bertz CT molecular complexity index is 532. The van der Waals surface area contributed by atoms with E-state index in [1.54, 1.807) is 7.05 Å². The molecule has 1 aromatic rings. The van der Waals surface area contributed by atoms with Gasteiger partial charge in [0.15, 0.2) is 5.03 Å². The highest BCUT2D eigenvalue weighted by Crippen LogP contribution is 2.31. The van der Waals surface area contributed by atoms with Crippen molar-refractivity contribution in [1.82, 2.24) is 14.5 Å². The zero-order valence-electron chi connectivity index (χ0n) is 12.2. The van der Waals surface area contributed by atoms with Crippen molar-refractivity contribution in [3.8, 4) is 0 Å². The molecule has 1 aliphatic carbocycles. The lowest BCUT2D eigenvalue weighted by Crippen LogP contribution is -2.40. The van der Waals surface area contributed by atoms with Gasteiger partial charge in [0, 0.05) is 25.2 Å². The number of nitrogens with zero attached hydrogens (tertiary/aromatic N) is 2. The summed E-state index contributed by atoms with van der Waals surface area (Å²) in [7, 11) is -1.87. The minimum Gasteiger partial charge on any atom is -0.326 e. The molecule has 3 N–H and O–H groups in total. The van der Waals surface area contributed by atoms with E-state index in [9.17, 15) is 8.42 Å². The minimum absolute atomic E-state index is 0.0803. The quantitative estimate of drug-likeness (QED) is 0.861. The Labute approximate surface area is 120 Å². The van der Waals surface area contributed by atoms with Crippen molar-refractivity contribution in [3.05, 3.63) is 11.8 Å². The van der Waals surface area contributed by atoms with Gasteiger partial charge in [0.2, 0.25) is 0 Å². The average molecular weight is 300 g/mol. The van der Waals surface area contributed by atoms with E-state index in [2.05, 4.69) is 17.1 Å². The number of rotatable bonds is 5. The SMILES string of the molecule is CCC1CCC(N(C)S(=O)(=O)c2[nH]ncc2CN)CC1. The molecule has 0 aliphatic heterocycles. The van der Waals surface area contributed by atoms with Crippen molar-refractivity contribution in [2.45, 2.75) is 56.6 Å². The molecule has 1 saturated carbocycles. The third-order valence-corrected chi connectivity index (χ3v) is 6.37.